The van der Waals surface area contributed by atoms with E-state index in [0.29, 0.717) is 13.1 Å². The molecule has 0 amide bonds. The molecule has 6 heteroatoms. The number of benzene rings is 1. The topological polar surface area (TPSA) is 32.7 Å². The molecule has 1 aromatic carbocycles. The van der Waals surface area contributed by atoms with Crippen molar-refractivity contribution >= 4 is 5.69 Å². The van der Waals surface area contributed by atoms with Gasteiger partial charge in [0.25, 0.3) is 0 Å². The van der Waals surface area contributed by atoms with Gasteiger partial charge in [0.15, 0.2) is 0 Å². The molecule has 0 unspecified atom stereocenters. The highest BCUT2D eigenvalue weighted by molar-refractivity contribution is 5.51. The van der Waals surface area contributed by atoms with Gasteiger partial charge in [0.05, 0.1) is 6.10 Å². The lowest BCUT2D eigenvalue weighted by Crippen LogP contribution is -2.50. The molecule has 88 valence electrons. The smallest absolute Gasteiger partial charge is 0.406 e. The second-order valence-electron chi connectivity index (χ2n) is 3.60. The summed E-state index contributed by atoms with van der Waals surface area (Å²) in [6, 6.07) is 5.58. The van der Waals surface area contributed by atoms with Crippen molar-refractivity contribution < 1.29 is 23.0 Å². The third-order valence-corrected chi connectivity index (χ3v) is 2.30. The average molecular weight is 233 g/mol. The van der Waals surface area contributed by atoms with E-state index in [1.807, 2.05) is 4.90 Å². The monoisotopic (exact) mass is 233 g/mol. The number of hydrogen-bond acceptors (Lipinski definition) is 3. The molecule has 3 nitrogen and oxygen atoms in total. The van der Waals surface area contributed by atoms with Gasteiger partial charge in [-0.1, -0.05) is 0 Å². The van der Waals surface area contributed by atoms with E-state index in [1.165, 1.54) is 24.3 Å². The van der Waals surface area contributed by atoms with E-state index in [2.05, 4.69) is 4.74 Å². The number of aliphatic hydroxyl groups excluding tert-OH is 1. The fourth-order valence-electron chi connectivity index (χ4n) is 1.52. The molecule has 16 heavy (non-hydrogen) atoms. The number of ether oxygens (including phenoxy) is 1. The maximum Gasteiger partial charge on any atom is 0.573 e. The summed E-state index contributed by atoms with van der Waals surface area (Å²) in [6.45, 7) is 1.03. The average Bonchev–Trinajstić information content (AvgIpc) is 2.12. The lowest BCUT2D eigenvalue weighted by Gasteiger charge is -2.37. The third-order valence-electron chi connectivity index (χ3n) is 2.30. The minimum absolute atomic E-state index is 0.239. The van der Waals surface area contributed by atoms with Crippen molar-refractivity contribution in [2.75, 3.05) is 18.0 Å². The first kappa shape index (κ1) is 11.1. The Hall–Kier alpha value is -1.43. The van der Waals surface area contributed by atoms with E-state index in [-0.39, 0.29) is 11.9 Å². The van der Waals surface area contributed by atoms with Crippen molar-refractivity contribution in [1.29, 1.82) is 0 Å². The molecule has 0 atom stereocenters. The van der Waals surface area contributed by atoms with E-state index in [0.717, 1.165) is 5.69 Å². The van der Waals surface area contributed by atoms with Crippen LogP contribution in [0.1, 0.15) is 0 Å². The van der Waals surface area contributed by atoms with Crippen LogP contribution >= 0.6 is 0 Å². The number of aliphatic hydroxyl groups is 1. The van der Waals surface area contributed by atoms with Gasteiger partial charge in [-0.25, -0.2) is 0 Å². The summed E-state index contributed by atoms with van der Waals surface area (Å²) in [5.41, 5.74) is 0.778. The fraction of sp³-hybridized carbons (Fsp3) is 0.400. The van der Waals surface area contributed by atoms with Crippen LogP contribution in [0.4, 0.5) is 18.9 Å². The van der Waals surface area contributed by atoms with E-state index in [1.54, 1.807) is 0 Å². The van der Waals surface area contributed by atoms with Crippen LogP contribution in [0.25, 0.3) is 0 Å². The van der Waals surface area contributed by atoms with Crippen LogP contribution in [0, 0.1) is 0 Å². The molecule has 0 aromatic heterocycles. The summed E-state index contributed by atoms with van der Waals surface area (Å²) in [7, 11) is 0. The van der Waals surface area contributed by atoms with Crippen LogP contribution in [0.15, 0.2) is 24.3 Å². The zero-order valence-corrected chi connectivity index (χ0v) is 8.24. The number of alkyl halides is 3. The Bertz CT molecular complexity index is 357. The van der Waals surface area contributed by atoms with Crippen molar-refractivity contribution in [2.45, 2.75) is 12.5 Å². The Morgan fingerprint density at radius 3 is 2.19 bits per heavy atom. The maximum absolute atomic E-state index is 11.9. The normalized spacial score (nSPS) is 17.1. The summed E-state index contributed by atoms with van der Waals surface area (Å²) in [5, 5.41) is 9.07. The van der Waals surface area contributed by atoms with Crippen LogP contribution in [-0.2, 0) is 0 Å². The molecule has 0 aliphatic carbocycles. The highest BCUT2D eigenvalue weighted by Crippen LogP contribution is 2.27. The van der Waals surface area contributed by atoms with Gasteiger partial charge in [0, 0.05) is 18.8 Å². The molecule has 0 radical (unpaired) electrons. The zero-order chi connectivity index (χ0) is 11.8. The Kier molecular flexibility index (Phi) is 2.67. The molecular weight excluding hydrogens is 223 g/mol. The van der Waals surface area contributed by atoms with Crippen molar-refractivity contribution in [3.05, 3.63) is 24.3 Å². The van der Waals surface area contributed by atoms with Crippen LogP contribution in [0.2, 0.25) is 0 Å². The van der Waals surface area contributed by atoms with Gasteiger partial charge in [0.1, 0.15) is 5.75 Å². The summed E-state index contributed by atoms with van der Waals surface area (Å²) in [4.78, 5) is 1.86. The minimum Gasteiger partial charge on any atom is -0.406 e. The zero-order valence-electron chi connectivity index (χ0n) is 8.24. The lowest BCUT2D eigenvalue weighted by molar-refractivity contribution is -0.274. The minimum atomic E-state index is -4.66. The largest absolute Gasteiger partial charge is 0.573 e. The third kappa shape index (κ3) is 2.57. The first-order chi connectivity index (χ1) is 7.44. The summed E-state index contributed by atoms with van der Waals surface area (Å²) >= 11 is 0. The van der Waals surface area contributed by atoms with Crippen LogP contribution in [0.5, 0.6) is 5.75 Å². The fourth-order valence-corrected chi connectivity index (χ4v) is 1.52. The van der Waals surface area contributed by atoms with Crippen LogP contribution in [-0.4, -0.2) is 30.7 Å². The molecule has 1 aromatic rings. The number of β-amino-alcohol motifs (C(OH)–C–C–N with tert-alkyl or cyclic N) is 1. The molecule has 0 bridgehead atoms. The highest BCUT2D eigenvalue weighted by Gasteiger charge is 2.31. The molecule has 1 aliphatic heterocycles. The van der Waals surface area contributed by atoms with E-state index in [9.17, 15) is 13.2 Å². The van der Waals surface area contributed by atoms with E-state index in [4.69, 9.17) is 5.11 Å². The molecule has 0 saturated carbocycles. The van der Waals surface area contributed by atoms with Gasteiger partial charge in [0.2, 0.25) is 0 Å². The van der Waals surface area contributed by atoms with Crippen molar-refractivity contribution in [3.8, 4) is 5.75 Å². The lowest BCUT2D eigenvalue weighted by atomic mass is 10.1. The van der Waals surface area contributed by atoms with Crippen LogP contribution < -0.4 is 9.64 Å². The van der Waals surface area contributed by atoms with Gasteiger partial charge in [-0.2, -0.15) is 0 Å². The highest BCUT2D eigenvalue weighted by atomic mass is 19.4. The predicted octanol–water partition coefficient (Wildman–Crippen LogP) is 1.77. The summed E-state index contributed by atoms with van der Waals surface area (Å²) in [5.74, 6) is -0.239. The number of nitrogens with zero attached hydrogens (tertiary/aromatic N) is 1. The number of halogens is 3. The Balaban J connectivity index is 2.00. The second kappa shape index (κ2) is 3.86. The molecule has 1 saturated heterocycles. The number of hydrogen-bond donors (Lipinski definition) is 1. The summed E-state index contributed by atoms with van der Waals surface area (Å²) < 4.78 is 39.3. The van der Waals surface area contributed by atoms with Crippen LogP contribution in [0.3, 0.4) is 0 Å². The Labute approximate surface area is 90.0 Å². The number of rotatable bonds is 2. The molecule has 1 heterocycles. The molecule has 1 fully saturated rings. The van der Waals surface area contributed by atoms with E-state index < -0.39 is 6.36 Å². The standard InChI is InChI=1S/C10H10F3NO2/c11-10(12,13)16-9-3-1-7(2-4-9)14-5-8(15)6-14/h1-4,8,15H,5-6H2. The van der Waals surface area contributed by atoms with Gasteiger partial charge in [-0.15, -0.1) is 13.2 Å². The van der Waals surface area contributed by atoms with Gasteiger partial charge < -0.3 is 14.7 Å². The predicted molar refractivity (Wildman–Crippen MR) is 51.3 cm³/mol. The SMILES string of the molecule is OC1CN(c2ccc(OC(F)(F)F)cc2)C1. The van der Waals surface area contributed by atoms with Gasteiger partial charge in [-0.3, -0.25) is 0 Å². The van der Waals surface area contributed by atoms with E-state index >= 15 is 0 Å². The second-order valence-corrected chi connectivity index (χ2v) is 3.60. The van der Waals surface area contributed by atoms with Crippen molar-refractivity contribution in [2.24, 2.45) is 0 Å². The summed E-state index contributed by atoms with van der Waals surface area (Å²) in [6.07, 6.45) is -5.00. The Morgan fingerprint density at radius 1 is 1.19 bits per heavy atom. The first-order valence-corrected chi connectivity index (χ1v) is 4.73. The van der Waals surface area contributed by atoms with Crippen molar-refractivity contribution in [3.63, 3.8) is 0 Å². The van der Waals surface area contributed by atoms with Gasteiger partial charge >= 0.3 is 6.36 Å². The Morgan fingerprint density at radius 2 is 1.75 bits per heavy atom. The molecule has 1 aliphatic rings. The quantitative estimate of drug-likeness (QED) is 0.844. The molecule has 0 spiro atoms. The molecule has 1 N–H and O–H groups in total. The number of anilines is 1. The molecular formula is C10H10F3NO2. The first-order valence-electron chi connectivity index (χ1n) is 4.73. The van der Waals surface area contributed by atoms with Gasteiger partial charge in [-0.05, 0) is 24.3 Å². The van der Waals surface area contributed by atoms with Crippen molar-refractivity contribution in [1.82, 2.24) is 0 Å². The molecule has 2 rings (SSSR count). The maximum atomic E-state index is 11.9.